The zero-order chi connectivity index (χ0) is 17.5. The van der Waals surface area contributed by atoms with Crippen molar-refractivity contribution in [3.05, 3.63) is 53.9 Å². The lowest BCUT2D eigenvalue weighted by Crippen LogP contribution is -2.35. The van der Waals surface area contributed by atoms with E-state index in [0.29, 0.717) is 5.69 Å². The SMILES string of the molecule is Cc1ccccc1SCC(=O)OCC(=O)NC(=O)c1cccn1C. The number of nitrogens with zero attached hydrogens (tertiary/aromatic N) is 1. The molecule has 0 saturated heterocycles. The van der Waals surface area contributed by atoms with E-state index in [9.17, 15) is 14.4 Å². The molecule has 0 saturated carbocycles. The lowest BCUT2D eigenvalue weighted by molar-refractivity contribution is -0.145. The fourth-order valence-corrected chi connectivity index (χ4v) is 2.79. The number of carbonyl (C=O) groups excluding carboxylic acids is 3. The summed E-state index contributed by atoms with van der Waals surface area (Å²) in [6.45, 7) is 1.47. The normalized spacial score (nSPS) is 10.2. The third kappa shape index (κ3) is 4.99. The van der Waals surface area contributed by atoms with Crippen molar-refractivity contribution in [1.29, 1.82) is 0 Å². The molecule has 7 heteroatoms. The van der Waals surface area contributed by atoms with E-state index < -0.39 is 24.4 Å². The van der Waals surface area contributed by atoms with E-state index in [-0.39, 0.29) is 5.75 Å². The molecule has 2 aromatic rings. The van der Waals surface area contributed by atoms with Crippen molar-refractivity contribution in [3.8, 4) is 0 Å². The number of hydrogen-bond donors (Lipinski definition) is 1. The van der Waals surface area contributed by atoms with E-state index in [4.69, 9.17) is 4.74 Å². The van der Waals surface area contributed by atoms with E-state index in [1.54, 1.807) is 29.9 Å². The molecule has 1 N–H and O–H groups in total. The predicted octanol–water partition coefficient (Wildman–Crippen LogP) is 1.93. The van der Waals surface area contributed by atoms with Crippen LogP contribution in [0, 0.1) is 6.92 Å². The second kappa shape index (κ2) is 8.35. The van der Waals surface area contributed by atoms with Crippen molar-refractivity contribution in [2.24, 2.45) is 7.05 Å². The summed E-state index contributed by atoms with van der Waals surface area (Å²) in [6.07, 6.45) is 1.70. The van der Waals surface area contributed by atoms with Crippen LogP contribution >= 0.6 is 11.8 Å². The van der Waals surface area contributed by atoms with Gasteiger partial charge in [-0.1, -0.05) is 18.2 Å². The molecule has 1 aromatic heterocycles. The van der Waals surface area contributed by atoms with Gasteiger partial charge >= 0.3 is 5.97 Å². The second-order valence-electron chi connectivity index (χ2n) is 5.10. The summed E-state index contributed by atoms with van der Waals surface area (Å²) < 4.78 is 6.47. The van der Waals surface area contributed by atoms with Gasteiger partial charge in [0, 0.05) is 18.1 Å². The Kier molecular flexibility index (Phi) is 6.20. The molecule has 0 fully saturated rings. The van der Waals surface area contributed by atoms with Crippen molar-refractivity contribution in [2.75, 3.05) is 12.4 Å². The summed E-state index contributed by atoms with van der Waals surface area (Å²) in [7, 11) is 1.70. The molecule has 1 heterocycles. The minimum atomic E-state index is -0.657. The van der Waals surface area contributed by atoms with Crippen LogP contribution in [0.4, 0.5) is 0 Å². The van der Waals surface area contributed by atoms with Crippen molar-refractivity contribution in [3.63, 3.8) is 0 Å². The molecule has 2 rings (SSSR count). The third-order valence-corrected chi connectivity index (χ3v) is 4.38. The fraction of sp³-hybridized carbons (Fsp3) is 0.235. The monoisotopic (exact) mass is 346 g/mol. The first kappa shape index (κ1) is 17.8. The first-order valence-corrected chi connectivity index (χ1v) is 8.25. The number of benzene rings is 1. The summed E-state index contributed by atoms with van der Waals surface area (Å²) in [5.74, 6) is -1.60. The number of aromatic nitrogens is 1. The average Bonchev–Trinajstić information content (AvgIpc) is 2.98. The van der Waals surface area contributed by atoms with Gasteiger partial charge in [0.05, 0.1) is 5.75 Å². The first-order valence-electron chi connectivity index (χ1n) is 7.27. The number of amides is 2. The Morgan fingerprint density at radius 3 is 2.58 bits per heavy atom. The predicted molar refractivity (Wildman–Crippen MR) is 90.7 cm³/mol. The van der Waals surface area contributed by atoms with Gasteiger partial charge in [-0.2, -0.15) is 0 Å². The summed E-state index contributed by atoms with van der Waals surface area (Å²) in [5.41, 5.74) is 1.42. The quantitative estimate of drug-likeness (QED) is 0.639. The Bertz CT molecular complexity index is 755. The number of esters is 1. The summed E-state index contributed by atoms with van der Waals surface area (Å²) >= 11 is 1.34. The molecule has 1 aromatic carbocycles. The molecule has 0 atom stereocenters. The van der Waals surface area contributed by atoms with Crippen LogP contribution in [0.2, 0.25) is 0 Å². The van der Waals surface area contributed by atoms with Crippen LogP contribution < -0.4 is 5.32 Å². The molecule has 6 nitrogen and oxygen atoms in total. The highest BCUT2D eigenvalue weighted by Crippen LogP contribution is 2.21. The van der Waals surface area contributed by atoms with Crippen molar-refractivity contribution in [2.45, 2.75) is 11.8 Å². The molecule has 0 bridgehead atoms. The number of rotatable bonds is 6. The molecule has 0 aliphatic carbocycles. The molecule has 2 amide bonds. The Hall–Kier alpha value is -2.54. The van der Waals surface area contributed by atoms with Crippen molar-refractivity contribution < 1.29 is 19.1 Å². The maximum absolute atomic E-state index is 11.8. The van der Waals surface area contributed by atoms with Gasteiger partial charge in [-0.3, -0.25) is 19.7 Å². The number of hydrogen-bond acceptors (Lipinski definition) is 5. The van der Waals surface area contributed by atoms with Gasteiger partial charge in [0.2, 0.25) is 0 Å². The Morgan fingerprint density at radius 2 is 1.92 bits per heavy atom. The molecule has 0 spiro atoms. The van der Waals surface area contributed by atoms with Gasteiger partial charge < -0.3 is 9.30 Å². The van der Waals surface area contributed by atoms with E-state index in [0.717, 1.165) is 10.5 Å². The molecule has 24 heavy (non-hydrogen) atoms. The van der Waals surface area contributed by atoms with E-state index in [1.165, 1.54) is 11.8 Å². The topological polar surface area (TPSA) is 77.4 Å². The highest BCUT2D eigenvalue weighted by atomic mass is 32.2. The van der Waals surface area contributed by atoms with Crippen LogP contribution in [0.5, 0.6) is 0 Å². The van der Waals surface area contributed by atoms with E-state index >= 15 is 0 Å². The van der Waals surface area contributed by atoms with Crippen LogP contribution in [-0.4, -0.2) is 34.7 Å². The van der Waals surface area contributed by atoms with E-state index in [1.807, 2.05) is 31.2 Å². The zero-order valence-electron chi connectivity index (χ0n) is 13.4. The molecule has 126 valence electrons. The smallest absolute Gasteiger partial charge is 0.316 e. The fourth-order valence-electron chi connectivity index (χ4n) is 1.97. The van der Waals surface area contributed by atoms with Crippen LogP contribution in [0.3, 0.4) is 0 Å². The lowest BCUT2D eigenvalue weighted by atomic mass is 10.2. The van der Waals surface area contributed by atoms with Gasteiger partial charge in [-0.05, 0) is 30.7 Å². The second-order valence-corrected chi connectivity index (χ2v) is 6.11. The van der Waals surface area contributed by atoms with Crippen molar-refractivity contribution >= 4 is 29.5 Å². The largest absolute Gasteiger partial charge is 0.455 e. The van der Waals surface area contributed by atoms with Crippen molar-refractivity contribution in [1.82, 2.24) is 9.88 Å². The Morgan fingerprint density at radius 1 is 1.17 bits per heavy atom. The standard InChI is InChI=1S/C17H18N2O4S/c1-12-6-3-4-8-14(12)24-11-16(21)23-10-15(20)18-17(22)13-7-5-9-19(13)2/h3-9H,10-11H2,1-2H3,(H,18,20,22). The minimum Gasteiger partial charge on any atom is -0.455 e. The third-order valence-electron chi connectivity index (χ3n) is 3.23. The van der Waals surface area contributed by atoms with Gasteiger partial charge in [0.25, 0.3) is 11.8 Å². The van der Waals surface area contributed by atoms with Gasteiger partial charge in [0.15, 0.2) is 6.61 Å². The van der Waals surface area contributed by atoms with Gasteiger partial charge in [-0.25, -0.2) is 0 Å². The number of ether oxygens (including phenoxy) is 1. The van der Waals surface area contributed by atoms with Crippen LogP contribution in [0.25, 0.3) is 0 Å². The van der Waals surface area contributed by atoms with E-state index in [2.05, 4.69) is 5.32 Å². The lowest BCUT2D eigenvalue weighted by Gasteiger charge is -2.07. The summed E-state index contributed by atoms with van der Waals surface area (Å²) in [4.78, 5) is 36.2. The Labute approximate surface area is 144 Å². The van der Waals surface area contributed by atoms with Gasteiger partial charge in [-0.15, -0.1) is 11.8 Å². The minimum absolute atomic E-state index is 0.101. The molecule has 0 radical (unpaired) electrons. The first-order chi connectivity index (χ1) is 11.5. The Balaban J connectivity index is 1.73. The van der Waals surface area contributed by atoms with Gasteiger partial charge in [0.1, 0.15) is 5.69 Å². The maximum Gasteiger partial charge on any atom is 0.316 e. The zero-order valence-corrected chi connectivity index (χ0v) is 14.3. The number of nitrogens with one attached hydrogen (secondary N) is 1. The molecule has 0 unspecified atom stereocenters. The highest BCUT2D eigenvalue weighted by molar-refractivity contribution is 8.00. The molecular formula is C17H18N2O4S. The van der Waals surface area contributed by atoms with Crippen LogP contribution in [-0.2, 0) is 21.4 Å². The highest BCUT2D eigenvalue weighted by Gasteiger charge is 2.14. The molecule has 0 aliphatic heterocycles. The molecule has 0 aliphatic rings. The number of imide groups is 1. The molecular weight excluding hydrogens is 328 g/mol. The maximum atomic E-state index is 11.8. The van der Waals surface area contributed by atoms with Crippen LogP contribution in [0.15, 0.2) is 47.5 Å². The van der Waals surface area contributed by atoms with Crippen LogP contribution in [0.1, 0.15) is 16.1 Å². The summed E-state index contributed by atoms with van der Waals surface area (Å²) in [6, 6.07) is 11.0. The average molecular weight is 346 g/mol. The number of carbonyl (C=O) groups is 3. The number of aryl methyl sites for hydroxylation is 2. The summed E-state index contributed by atoms with van der Waals surface area (Å²) in [5, 5.41) is 2.18. The number of thioether (sulfide) groups is 1.